The van der Waals surface area contributed by atoms with Gasteiger partial charge < -0.3 is 9.80 Å². The Morgan fingerprint density at radius 3 is 1.06 bits per heavy atom. The molecule has 0 aromatic rings. The molecule has 2 radical (unpaired) electrons. The fraction of sp³-hybridized carbons (Fsp3) is 1.00. The first-order chi connectivity index (χ1) is 8.28. The molecule has 0 saturated heterocycles. The second-order valence-corrected chi connectivity index (χ2v) is 4.82. The summed E-state index contributed by atoms with van der Waals surface area (Å²) in [4.78, 5) is 5.05. The molecule has 0 bridgehead atoms. The Kier molecular flexibility index (Phi) is 18.4. The average molecular weight is 363 g/mol. The standard InChI is InChI=1S/C15H34N2.Sn.2H/c1-5-16(6-2)14-12-10-9-11-13-15-17(7-3)8-4;;;/h5-15H2,1-4H3;;;. The molecule has 0 fully saturated rings. The maximum absolute atomic E-state index is 2.52. The summed E-state index contributed by atoms with van der Waals surface area (Å²) in [7, 11) is 0. The van der Waals surface area contributed by atoms with Crippen LogP contribution in [0, 0.1) is 0 Å². The third-order valence-electron chi connectivity index (χ3n) is 3.74. The van der Waals surface area contributed by atoms with Crippen molar-refractivity contribution in [3.8, 4) is 0 Å². The summed E-state index contributed by atoms with van der Waals surface area (Å²) >= 11 is 0. The molecule has 0 spiro atoms. The van der Waals surface area contributed by atoms with E-state index >= 15 is 0 Å². The molecule has 0 N–H and O–H groups in total. The van der Waals surface area contributed by atoms with Crippen molar-refractivity contribution in [3.05, 3.63) is 0 Å². The van der Waals surface area contributed by atoms with Gasteiger partial charge in [-0.15, -0.1) is 0 Å². The Bertz CT molecular complexity index is 129. The van der Waals surface area contributed by atoms with Gasteiger partial charge in [0.1, 0.15) is 0 Å². The fourth-order valence-electron chi connectivity index (χ4n) is 2.28. The van der Waals surface area contributed by atoms with E-state index in [-0.39, 0.29) is 23.9 Å². The molecule has 0 unspecified atom stereocenters. The Labute approximate surface area is 132 Å². The normalized spacial score (nSPS) is 11.0. The first-order valence-electron chi connectivity index (χ1n) is 7.73. The summed E-state index contributed by atoms with van der Waals surface area (Å²) in [5.74, 6) is 0. The van der Waals surface area contributed by atoms with Crippen molar-refractivity contribution < 1.29 is 0 Å². The zero-order valence-corrected chi connectivity index (χ0v) is 17.4. The number of unbranched alkanes of at least 4 members (excludes halogenated alkanes) is 4. The van der Waals surface area contributed by atoms with Gasteiger partial charge in [0.25, 0.3) is 0 Å². The van der Waals surface area contributed by atoms with Crippen LogP contribution < -0.4 is 0 Å². The van der Waals surface area contributed by atoms with Crippen LogP contribution in [0.5, 0.6) is 0 Å². The summed E-state index contributed by atoms with van der Waals surface area (Å²) in [6.45, 7) is 16.4. The molecule has 0 rings (SSSR count). The Hall–Kier alpha value is 0.719. The van der Waals surface area contributed by atoms with Crippen LogP contribution in [-0.2, 0) is 0 Å². The number of hydrogen-bond acceptors (Lipinski definition) is 2. The molecular weight excluding hydrogens is 327 g/mol. The van der Waals surface area contributed by atoms with Gasteiger partial charge in [-0.25, -0.2) is 0 Å². The third kappa shape index (κ3) is 11.8. The predicted octanol–water partition coefficient (Wildman–Crippen LogP) is 2.70. The van der Waals surface area contributed by atoms with Crippen LogP contribution in [0.4, 0.5) is 0 Å². The summed E-state index contributed by atoms with van der Waals surface area (Å²) in [5.41, 5.74) is 0. The first-order valence-corrected chi connectivity index (χ1v) is 7.73. The molecule has 0 atom stereocenters. The predicted molar refractivity (Wildman–Crippen MR) is 87.2 cm³/mol. The zero-order chi connectivity index (χ0) is 12.9. The SMILES string of the molecule is CCN(CC)CCCCCCCN(CC)CC.[SnH2]. The van der Waals surface area contributed by atoms with Crippen LogP contribution in [0.25, 0.3) is 0 Å². The van der Waals surface area contributed by atoms with Gasteiger partial charge in [0.15, 0.2) is 0 Å². The van der Waals surface area contributed by atoms with E-state index in [0.29, 0.717) is 0 Å². The molecule has 0 aromatic carbocycles. The van der Waals surface area contributed by atoms with E-state index in [1.54, 1.807) is 0 Å². The third-order valence-corrected chi connectivity index (χ3v) is 3.74. The van der Waals surface area contributed by atoms with Gasteiger partial charge in [0.05, 0.1) is 0 Å². The van der Waals surface area contributed by atoms with Crippen molar-refractivity contribution in [2.45, 2.75) is 59.8 Å². The topological polar surface area (TPSA) is 6.48 Å². The molecule has 3 heteroatoms. The molecule has 0 aliphatic heterocycles. The van der Waals surface area contributed by atoms with Crippen molar-refractivity contribution >= 4 is 23.9 Å². The van der Waals surface area contributed by atoms with E-state index in [9.17, 15) is 0 Å². The molecule has 0 aromatic heterocycles. The van der Waals surface area contributed by atoms with Crippen LogP contribution >= 0.6 is 0 Å². The molecule has 0 aliphatic rings. The molecule has 2 nitrogen and oxygen atoms in total. The van der Waals surface area contributed by atoms with Gasteiger partial charge in [-0.05, 0) is 52.1 Å². The minimum atomic E-state index is 0. The molecule has 110 valence electrons. The van der Waals surface area contributed by atoms with Crippen molar-refractivity contribution in [2.75, 3.05) is 39.3 Å². The summed E-state index contributed by atoms with van der Waals surface area (Å²) in [6, 6.07) is 0. The van der Waals surface area contributed by atoms with Crippen LogP contribution in [0.15, 0.2) is 0 Å². The van der Waals surface area contributed by atoms with Gasteiger partial charge in [-0.1, -0.05) is 47.0 Å². The summed E-state index contributed by atoms with van der Waals surface area (Å²) < 4.78 is 0. The molecule has 0 saturated carbocycles. The van der Waals surface area contributed by atoms with Gasteiger partial charge in [0.2, 0.25) is 0 Å². The monoisotopic (exact) mass is 364 g/mol. The number of nitrogens with zero attached hydrogens (tertiary/aromatic N) is 2. The van der Waals surface area contributed by atoms with Crippen molar-refractivity contribution in [1.29, 1.82) is 0 Å². The van der Waals surface area contributed by atoms with E-state index in [4.69, 9.17) is 0 Å². The van der Waals surface area contributed by atoms with Crippen LogP contribution in [-0.4, -0.2) is 73.0 Å². The Morgan fingerprint density at radius 2 is 0.778 bits per heavy atom. The van der Waals surface area contributed by atoms with Gasteiger partial charge >= 0.3 is 23.9 Å². The second-order valence-electron chi connectivity index (χ2n) is 4.82. The average Bonchev–Trinajstić information content (AvgIpc) is 2.37. The van der Waals surface area contributed by atoms with Crippen molar-refractivity contribution in [3.63, 3.8) is 0 Å². The maximum atomic E-state index is 2.52. The molecular formula is C15H36N2Sn. The molecule has 0 heterocycles. The van der Waals surface area contributed by atoms with Gasteiger partial charge in [0, 0.05) is 0 Å². The van der Waals surface area contributed by atoms with Crippen molar-refractivity contribution in [1.82, 2.24) is 9.80 Å². The van der Waals surface area contributed by atoms with E-state index in [1.165, 1.54) is 71.4 Å². The first kappa shape index (κ1) is 21.0. The zero-order valence-electron chi connectivity index (χ0n) is 13.4. The fourth-order valence-corrected chi connectivity index (χ4v) is 2.28. The van der Waals surface area contributed by atoms with Crippen LogP contribution in [0.1, 0.15) is 59.8 Å². The molecule has 0 aliphatic carbocycles. The van der Waals surface area contributed by atoms with Crippen molar-refractivity contribution in [2.24, 2.45) is 0 Å². The Morgan fingerprint density at radius 1 is 0.500 bits per heavy atom. The molecule has 18 heavy (non-hydrogen) atoms. The number of rotatable bonds is 12. The summed E-state index contributed by atoms with van der Waals surface area (Å²) in [6.07, 6.45) is 7.01. The second kappa shape index (κ2) is 15.8. The van der Waals surface area contributed by atoms with Gasteiger partial charge in [-0.3, -0.25) is 0 Å². The van der Waals surface area contributed by atoms with Crippen LogP contribution in [0.2, 0.25) is 0 Å². The Balaban J connectivity index is 0. The minimum absolute atomic E-state index is 0. The quantitative estimate of drug-likeness (QED) is 0.389. The van der Waals surface area contributed by atoms with Gasteiger partial charge in [-0.2, -0.15) is 0 Å². The van der Waals surface area contributed by atoms with E-state index in [2.05, 4.69) is 37.5 Å². The summed E-state index contributed by atoms with van der Waals surface area (Å²) in [5, 5.41) is 0. The van der Waals surface area contributed by atoms with E-state index in [1.807, 2.05) is 0 Å². The number of hydrogen-bond donors (Lipinski definition) is 0. The van der Waals surface area contributed by atoms with Crippen LogP contribution in [0.3, 0.4) is 0 Å². The molecule has 0 amide bonds. The van der Waals surface area contributed by atoms with E-state index < -0.39 is 0 Å². The van der Waals surface area contributed by atoms with E-state index in [0.717, 1.165) is 0 Å².